The number of benzene rings is 1. The van der Waals surface area contributed by atoms with Crippen molar-refractivity contribution in [3.63, 3.8) is 0 Å². The average Bonchev–Trinajstić information content (AvgIpc) is 3.10. The molecule has 3 rings (SSSR count). The third-order valence-electron chi connectivity index (χ3n) is 4.01. The molecule has 146 valence electrons. The molecule has 10 heteroatoms. The number of methoxy groups -OCH3 is 1. The normalized spacial score (nSPS) is 11.9. The van der Waals surface area contributed by atoms with Crippen molar-refractivity contribution in [3.8, 4) is 11.4 Å². The van der Waals surface area contributed by atoms with Crippen molar-refractivity contribution < 1.29 is 19.4 Å². The van der Waals surface area contributed by atoms with Crippen LogP contribution in [0.5, 0.6) is 0 Å². The van der Waals surface area contributed by atoms with Gasteiger partial charge >= 0.3 is 6.09 Å². The maximum Gasteiger partial charge on any atom is 0.404 e. The Morgan fingerprint density at radius 1 is 1.36 bits per heavy atom. The topological polar surface area (TPSA) is 155 Å². The van der Waals surface area contributed by atoms with E-state index < -0.39 is 12.0 Å². The number of aromatic amines is 1. The first-order valence-corrected chi connectivity index (χ1v) is 8.45. The fourth-order valence-electron chi connectivity index (χ4n) is 2.80. The summed E-state index contributed by atoms with van der Waals surface area (Å²) >= 11 is 0. The summed E-state index contributed by atoms with van der Waals surface area (Å²) in [6.45, 7) is 0.339. The first-order chi connectivity index (χ1) is 13.5. The number of carboxylic acid groups (broad SMARTS) is 1. The van der Waals surface area contributed by atoms with E-state index >= 15 is 0 Å². The fraction of sp³-hybridized carbons (Fsp3) is 0.222. The number of rotatable bonds is 8. The van der Waals surface area contributed by atoms with Crippen molar-refractivity contribution in [3.05, 3.63) is 42.2 Å². The quantitative estimate of drug-likeness (QED) is 0.393. The molecular weight excluding hydrogens is 364 g/mol. The molecule has 1 aromatic carbocycles. The lowest BCUT2D eigenvalue weighted by molar-refractivity contribution is 0.0996. The average molecular weight is 384 g/mol. The summed E-state index contributed by atoms with van der Waals surface area (Å²) in [4.78, 5) is 34.4. The van der Waals surface area contributed by atoms with Crippen LogP contribution in [0.15, 0.2) is 36.5 Å². The molecule has 0 saturated carbocycles. The maximum absolute atomic E-state index is 11.8. The third kappa shape index (κ3) is 4.35. The first kappa shape index (κ1) is 19.1. The molecule has 28 heavy (non-hydrogen) atoms. The van der Waals surface area contributed by atoms with E-state index in [1.807, 2.05) is 30.3 Å². The van der Waals surface area contributed by atoms with Crippen molar-refractivity contribution in [1.29, 1.82) is 0 Å². The number of carbonyl (C=O) groups excluding carboxylic acids is 1. The largest absolute Gasteiger partial charge is 0.465 e. The summed E-state index contributed by atoms with van der Waals surface area (Å²) in [5.41, 5.74) is 7.27. The van der Waals surface area contributed by atoms with Crippen LogP contribution in [0.25, 0.3) is 22.3 Å². The van der Waals surface area contributed by atoms with Crippen molar-refractivity contribution >= 4 is 28.7 Å². The minimum atomic E-state index is -1.14. The number of nitrogens with two attached hydrogens (primary N) is 1. The van der Waals surface area contributed by atoms with E-state index in [-0.39, 0.29) is 24.9 Å². The van der Waals surface area contributed by atoms with Gasteiger partial charge < -0.3 is 31.2 Å². The highest BCUT2D eigenvalue weighted by molar-refractivity contribution is 5.98. The molecule has 0 radical (unpaired) electrons. The number of carbonyl (C=O) groups is 2. The maximum atomic E-state index is 11.8. The molecule has 0 aliphatic carbocycles. The highest BCUT2D eigenvalue weighted by Crippen LogP contribution is 2.25. The minimum absolute atomic E-state index is 0.0315. The van der Waals surface area contributed by atoms with Crippen molar-refractivity contribution in [1.82, 2.24) is 20.3 Å². The number of amides is 2. The number of primary amides is 1. The number of ether oxygens (including phenoxy) is 1. The number of aromatic nitrogens is 3. The van der Waals surface area contributed by atoms with Crippen molar-refractivity contribution in [2.45, 2.75) is 6.04 Å². The Bertz CT molecular complexity index is 970. The number of fused-ring (bicyclic) bond motifs is 1. The number of H-pyrrole nitrogens is 1. The predicted octanol–water partition coefficient (Wildman–Crippen LogP) is 1.42. The van der Waals surface area contributed by atoms with Gasteiger partial charge in [-0.05, 0) is 12.1 Å². The monoisotopic (exact) mass is 384 g/mol. The molecule has 0 fully saturated rings. The van der Waals surface area contributed by atoms with Crippen LogP contribution in [-0.2, 0) is 4.74 Å². The molecule has 6 N–H and O–H groups in total. The summed E-state index contributed by atoms with van der Waals surface area (Å²) < 4.78 is 5.10. The van der Waals surface area contributed by atoms with Gasteiger partial charge in [0.25, 0.3) is 5.91 Å². The molecule has 0 saturated heterocycles. The molecule has 0 bridgehead atoms. The zero-order valence-corrected chi connectivity index (χ0v) is 15.1. The smallest absolute Gasteiger partial charge is 0.404 e. The van der Waals surface area contributed by atoms with Gasteiger partial charge in [-0.25, -0.2) is 14.8 Å². The van der Waals surface area contributed by atoms with Crippen LogP contribution in [0.3, 0.4) is 0 Å². The van der Waals surface area contributed by atoms with Crippen LogP contribution in [0.2, 0.25) is 0 Å². The second-order valence-corrected chi connectivity index (χ2v) is 6.07. The molecule has 1 atom stereocenters. The van der Waals surface area contributed by atoms with Gasteiger partial charge in [-0.1, -0.05) is 18.2 Å². The van der Waals surface area contributed by atoms with Crippen LogP contribution >= 0.6 is 0 Å². The number of nitrogens with one attached hydrogen (secondary N) is 3. The number of para-hydroxylation sites is 1. The van der Waals surface area contributed by atoms with Crippen LogP contribution in [0, 0.1) is 0 Å². The summed E-state index contributed by atoms with van der Waals surface area (Å²) in [6, 6.07) is 9.11. The van der Waals surface area contributed by atoms with Crippen LogP contribution in [0.1, 0.15) is 10.5 Å². The van der Waals surface area contributed by atoms with Gasteiger partial charge in [0.05, 0.1) is 24.5 Å². The lowest BCUT2D eigenvalue weighted by Crippen LogP contribution is -2.38. The van der Waals surface area contributed by atoms with Crippen LogP contribution < -0.4 is 16.4 Å². The standard InChI is InChI=1S/C18H20N6O4/c1-28-9-11(7-21-18(26)27)22-14-8-20-16(17(19)25)15(24-14)13-6-10-4-2-3-5-12(10)23-13/h2-6,8,11,21,23H,7,9H2,1H3,(H2,19,25)(H,22,24)(H,26,27). The zero-order chi connectivity index (χ0) is 20.1. The van der Waals surface area contributed by atoms with E-state index in [0.717, 1.165) is 10.9 Å². The number of hydrogen-bond donors (Lipinski definition) is 5. The fourth-order valence-corrected chi connectivity index (χ4v) is 2.80. The van der Waals surface area contributed by atoms with E-state index in [2.05, 4.69) is 25.6 Å². The molecule has 0 aliphatic rings. The second kappa shape index (κ2) is 8.35. The summed E-state index contributed by atoms with van der Waals surface area (Å²) in [5.74, 6) is -0.346. The lowest BCUT2D eigenvalue weighted by Gasteiger charge is -2.18. The van der Waals surface area contributed by atoms with Gasteiger partial charge in [0.15, 0.2) is 5.69 Å². The molecule has 0 aliphatic heterocycles. The highest BCUT2D eigenvalue weighted by Gasteiger charge is 2.18. The second-order valence-electron chi connectivity index (χ2n) is 6.07. The van der Waals surface area contributed by atoms with Gasteiger partial charge in [0.2, 0.25) is 0 Å². The van der Waals surface area contributed by atoms with Gasteiger partial charge in [0.1, 0.15) is 11.5 Å². The zero-order valence-electron chi connectivity index (χ0n) is 15.1. The van der Waals surface area contributed by atoms with E-state index in [1.165, 1.54) is 13.3 Å². The number of hydrogen-bond acceptors (Lipinski definition) is 6. The molecule has 10 nitrogen and oxygen atoms in total. The first-order valence-electron chi connectivity index (χ1n) is 8.45. The Hall–Kier alpha value is -3.66. The van der Waals surface area contributed by atoms with E-state index in [1.54, 1.807) is 0 Å². The summed E-state index contributed by atoms with van der Waals surface area (Å²) in [5, 5.41) is 15.1. The summed E-state index contributed by atoms with van der Waals surface area (Å²) in [7, 11) is 1.51. The molecule has 3 aromatic rings. The van der Waals surface area contributed by atoms with E-state index in [4.69, 9.17) is 15.6 Å². The van der Waals surface area contributed by atoms with Crippen LogP contribution in [0.4, 0.5) is 10.6 Å². The van der Waals surface area contributed by atoms with Gasteiger partial charge in [0, 0.05) is 24.6 Å². The molecule has 2 amide bonds. The van der Waals surface area contributed by atoms with Gasteiger partial charge in [-0.2, -0.15) is 0 Å². The van der Waals surface area contributed by atoms with Crippen molar-refractivity contribution in [2.75, 3.05) is 25.6 Å². The van der Waals surface area contributed by atoms with Crippen LogP contribution in [-0.4, -0.2) is 58.4 Å². The SMILES string of the molecule is COCC(CNC(=O)O)Nc1cnc(C(N)=O)c(-c2cc3ccccc3[nH]2)n1. The Labute approximate surface area is 160 Å². The third-order valence-corrected chi connectivity index (χ3v) is 4.01. The Balaban J connectivity index is 1.94. The molecule has 2 aromatic heterocycles. The number of anilines is 1. The Morgan fingerprint density at radius 2 is 2.14 bits per heavy atom. The highest BCUT2D eigenvalue weighted by atomic mass is 16.5. The van der Waals surface area contributed by atoms with Crippen molar-refractivity contribution in [2.24, 2.45) is 5.73 Å². The van der Waals surface area contributed by atoms with E-state index in [0.29, 0.717) is 17.2 Å². The summed E-state index contributed by atoms with van der Waals surface area (Å²) in [6.07, 6.45) is 0.229. The molecule has 2 heterocycles. The molecule has 0 spiro atoms. The minimum Gasteiger partial charge on any atom is -0.465 e. The van der Waals surface area contributed by atoms with Gasteiger partial charge in [-0.15, -0.1) is 0 Å². The van der Waals surface area contributed by atoms with Gasteiger partial charge in [-0.3, -0.25) is 4.79 Å². The van der Waals surface area contributed by atoms with E-state index in [9.17, 15) is 9.59 Å². The molecular formula is C18H20N6O4. The predicted molar refractivity (Wildman–Crippen MR) is 103 cm³/mol. The lowest BCUT2D eigenvalue weighted by atomic mass is 10.2. The Morgan fingerprint density at radius 3 is 2.82 bits per heavy atom. The number of nitrogens with zero attached hydrogens (tertiary/aromatic N) is 2. The molecule has 1 unspecified atom stereocenters. The Kier molecular flexibility index (Phi) is 5.70.